The number of rotatable bonds is 3. The first-order chi connectivity index (χ1) is 8.99. The number of aryl methyl sites for hydroxylation is 1. The minimum atomic E-state index is -0.414. The van der Waals surface area contributed by atoms with Crippen molar-refractivity contribution in [1.82, 2.24) is 0 Å². The van der Waals surface area contributed by atoms with Gasteiger partial charge in [0.2, 0.25) is 0 Å². The van der Waals surface area contributed by atoms with Gasteiger partial charge in [-0.25, -0.2) is 4.39 Å². The first-order valence-electron chi connectivity index (χ1n) is 5.91. The molecule has 0 radical (unpaired) electrons. The molecule has 0 heterocycles. The Morgan fingerprint density at radius 2 is 1.95 bits per heavy atom. The summed E-state index contributed by atoms with van der Waals surface area (Å²) >= 11 is 4.78. The van der Waals surface area contributed by atoms with Crippen LogP contribution in [0.3, 0.4) is 0 Å². The third-order valence-corrected chi connectivity index (χ3v) is 3.34. The number of halogens is 1. The van der Waals surface area contributed by atoms with Gasteiger partial charge in [0.05, 0.1) is 0 Å². The molecular weight excluding hydrogens is 259 g/mol. The van der Waals surface area contributed by atoms with Gasteiger partial charge in [0.1, 0.15) is 10.8 Å². The van der Waals surface area contributed by atoms with Crippen LogP contribution in [0, 0.1) is 19.7 Å². The van der Waals surface area contributed by atoms with Gasteiger partial charge in [0.15, 0.2) is 0 Å². The predicted octanol–water partition coefficient (Wildman–Crippen LogP) is 3.82. The van der Waals surface area contributed by atoms with Gasteiger partial charge in [-0.2, -0.15) is 0 Å². The molecular formula is C15H15FN2S. The molecule has 0 atom stereocenters. The SMILES string of the molecule is Cc1cccc(Nc2ccc(C(N)=S)c(F)c2)c1C. The van der Waals surface area contributed by atoms with Crippen LogP contribution in [0.15, 0.2) is 36.4 Å². The number of hydrogen-bond acceptors (Lipinski definition) is 2. The molecule has 2 aromatic carbocycles. The van der Waals surface area contributed by atoms with Crippen LogP contribution in [0.5, 0.6) is 0 Å². The van der Waals surface area contributed by atoms with E-state index in [1.807, 2.05) is 32.0 Å². The summed E-state index contributed by atoms with van der Waals surface area (Å²) in [5.74, 6) is -0.414. The lowest BCUT2D eigenvalue weighted by atomic mass is 10.1. The van der Waals surface area contributed by atoms with E-state index in [9.17, 15) is 4.39 Å². The predicted molar refractivity (Wildman–Crippen MR) is 81.5 cm³/mol. The van der Waals surface area contributed by atoms with E-state index < -0.39 is 5.82 Å². The van der Waals surface area contributed by atoms with Crippen LogP contribution < -0.4 is 11.1 Å². The van der Waals surface area contributed by atoms with Crippen molar-refractivity contribution >= 4 is 28.6 Å². The van der Waals surface area contributed by atoms with Crippen LogP contribution >= 0.6 is 12.2 Å². The topological polar surface area (TPSA) is 38.0 Å². The Labute approximate surface area is 117 Å². The molecule has 0 unspecified atom stereocenters. The smallest absolute Gasteiger partial charge is 0.135 e. The summed E-state index contributed by atoms with van der Waals surface area (Å²) in [6.07, 6.45) is 0. The Morgan fingerprint density at radius 1 is 1.21 bits per heavy atom. The van der Waals surface area contributed by atoms with E-state index in [2.05, 4.69) is 5.32 Å². The Bertz CT molecular complexity index is 638. The van der Waals surface area contributed by atoms with Gasteiger partial charge in [0, 0.05) is 16.9 Å². The Kier molecular flexibility index (Phi) is 3.81. The maximum atomic E-state index is 13.8. The third kappa shape index (κ3) is 2.90. The molecule has 0 amide bonds. The summed E-state index contributed by atoms with van der Waals surface area (Å²) in [7, 11) is 0. The molecule has 0 aromatic heterocycles. The zero-order valence-corrected chi connectivity index (χ0v) is 11.6. The zero-order valence-electron chi connectivity index (χ0n) is 10.8. The molecule has 3 N–H and O–H groups in total. The quantitative estimate of drug-likeness (QED) is 0.836. The number of nitrogens with two attached hydrogens (primary N) is 1. The average Bonchev–Trinajstić information content (AvgIpc) is 2.34. The molecule has 2 nitrogen and oxygen atoms in total. The molecule has 0 aliphatic carbocycles. The maximum Gasteiger partial charge on any atom is 0.135 e. The minimum Gasteiger partial charge on any atom is -0.389 e. The van der Waals surface area contributed by atoms with Crippen molar-refractivity contribution in [1.29, 1.82) is 0 Å². The van der Waals surface area contributed by atoms with Gasteiger partial charge >= 0.3 is 0 Å². The number of anilines is 2. The fourth-order valence-electron chi connectivity index (χ4n) is 1.83. The van der Waals surface area contributed by atoms with Crippen molar-refractivity contribution in [3.05, 3.63) is 58.9 Å². The van der Waals surface area contributed by atoms with Gasteiger partial charge in [0.25, 0.3) is 0 Å². The Morgan fingerprint density at radius 3 is 2.58 bits per heavy atom. The molecule has 0 spiro atoms. The van der Waals surface area contributed by atoms with E-state index in [-0.39, 0.29) is 10.6 Å². The number of thiocarbonyl (C=S) groups is 1. The van der Waals surface area contributed by atoms with Crippen molar-refractivity contribution in [2.24, 2.45) is 5.73 Å². The summed E-state index contributed by atoms with van der Waals surface area (Å²) in [5, 5.41) is 3.20. The van der Waals surface area contributed by atoms with Gasteiger partial charge in [-0.05, 0) is 49.2 Å². The highest BCUT2D eigenvalue weighted by Crippen LogP contribution is 2.24. The molecule has 4 heteroatoms. The van der Waals surface area contributed by atoms with Crippen LogP contribution in [0.25, 0.3) is 0 Å². The standard InChI is InChI=1S/C15H15FN2S/c1-9-4-3-5-14(10(9)2)18-11-6-7-12(15(17)19)13(16)8-11/h3-8,18H,1-2H3,(H2,17,19). The Hall–Kier alpha value is -1.94. The highest BCUT2D eigenvalue weighted by atomic mass is 32.1. The minimum absolute atomic E-state index is 0.0655. The summed E-state index contributed by atoms with van der Waals surface area (Å²) in [6.45, 7) is 4.06. The highest BCUT2D eigenvalue weighted by molar-refractivity contribution is 7.80. The van der Waals surface area contributed by atoms with Gasteiger partial charge < -0.3 is 11.1 Å². The number of hydrogen-bond donors (Lipinski definition) is 2. The molecule has 2 rings (SSSR count). The van der Waals surface area contributed by atoms with E-state index in [0.717, 1.165) is 11.3 Å². The normalized spacial score (nSPS) is 10.3. The lowest BCUT2D eigenvalue weighted by Crippen LogP contribution is -2.11. The fourth-order valence-corrected chi connectivity index (χ4v) is 2.00. The first kappa shape index (κ1) is 13.5. The van der Waals surface area contributed by atoms with Crippen molar-refractivity contribution < 1.29 is 4.39 Å². The van der Waals surface area contributed by atoms with Gasteiger partial charge in [-0.1, -0.05) is 24.4 Å². The second-order valence-electron chi connectivity index (χ2n) is 4.43. The number of benzene rings is 2. The van der Waals surface area contributed by atoms with Gasteiger partial charge in [-0.3, -0.25) is 0 Å². The van der Waals surface area contributed by atoms with Crippen LogP contribution in [-0.4, -0.2) is 4.99 Å². The van der Waals surface area contributed by atoms with Crippen LogP contribution in [0.2, 0.25) is 0 Å². The van der Waals surface area contributed by atoms with E-state index in [0.29, 0.717) is 5.69 Å². The summed E-state index contributed by atoms with van der Waals surface area (Å²) in [5.41, 5.74) is 9.66. The molecule has 19 heavy (non-hydrogen) atoms. The molecule has 0 fully saturated rings. The largest absolute Gasteiger partial charge is 0.389 e. The monoisotopic (exact) mass is 274 g/mol. The first-order valence-corrected chi connectivity index (χ1v) is 6.32. The van der Waals surface area contributed by atoms with Crippen molar-refractivity contribution in [2.75, 3.05) is 5.32 Å². The summed E-state index contributed by atoms with van der Waals surface area (Å²) < 4.78 is 13.8. The summed E-state index contributed by atoms with van der Waals surface area (Å²) in [6, 6.07) is 10.7. The van der Waals surface area contributed by atoms with E-state index in [4.69, 9.17) is 18.0 Å². The average molecular weight is 274 g/mol. The summed E-state index contributed by atoms with van der Waals surface area (Å²) in [4.78, 5) is 0.0655. The second-order valence-corrected chi connectivity index (χ2v) is 4.87. The van der Waals surface area contributed by atoms with E-state index in [1.165, 1.54) is 11.6 Å². The van der Waals surface area contributed by atoms with Crippen LogP contribution in [-0.2, 0) is 0 Å². The van der Waals surface area contributed by atoms with Crippen LogP contribution in [0.1, 0.15) is 16.7 Å². The Balaban J connectivity index is 2.32. The van der Waals surface area contributed by atoms with Crippen molar-refractivity contribution in [3.8, 4) is 0 Å². The molecule has 0 aliphatic rings. The fraction of sp³-hybridized carbons (Fsp3) is 0.133. The van der Waals surface area contributed by atoms with Crippen molar-refractivity contribution in [2.45, 2.75) is 13.8 Å². The molecule has 0 bridgehead atoms. The second kappa shape index (κ2) is 5.36. The molecule has 0 saturated heterocycles. The highest BCUT2D eigenvalue weighted by Gasteiger charge is 2.07. The molecule has 0 aliphatic heterocycles. The molecule has 2 aromatic rings. The van der Waals surface area contributed by atoms with Gasteiger partial charge in [-0.15, -0.1) is 0 Å². The molecule has 0 saturated carbocycles. The lowest BCUT2D eigenvalue weighted by molar-refractivity contribution is 0.626. The van der Waals surface area contributed by atoms with Crippen molar-refractivity contribution in [3.63, 3.8) is 0 Å². The zero-order chi connectivity index (χ0) is 14.0. The maximum absolute atomic E-state index is 13.8. The van der Waals surface area contributed by atoms with E-state index >= 15 is 0 Å². The third-order valence-electron chi connectivity index (χ3n) is 3.12. The van der Waals surface area contributed by atoms with Crippen LogP contribution in [0.4, 0.5) is 15.8 Å². The lowest BCUT2D eigenvalue weighted by Gasteiger charge is -2.12. The van der Waals surface area contributed by atoms with E-state index in [1.54, 1.807) is 12.1 Å². The number of nitrogens with one attached hydrogen (secondary N) is 1. The molecule has 98 valence electrons.